The van der Waals surface area contributed by atoms with Gasteiger partial charge in [0.1, 0.15) is 23.4 Å². The van der Waals surface area contributed by atoms with Gasteiger partial charge in [0.25, 0.3) is 0 Å². The molecular formula is C57H64BrMgN7O7. The molecule has 0 radical (unpaired) electrons. The number of rotatable bonds is 9. The van der Waals surface area contributed by atoms with E-state index in [4.69, 9.17) is 38.2 Å². The summed E-state index contributed by atoms with van der Waals surface area (Å²) in [4.78, 5) is 35.2. The number of hydrogen-bond acceptors (Lipinski definition) is 13. The molecule has 16 heteroatoms. The first-order valence-electron chi connectivity index (χ1n) is 25.4. The number of fused-ring (bicyclic) bond motifs is 2. The van der Waals surface area contributed by atoms with Gasteiger partial charge >= 0.3 is 23.1 Å². The predicted molar refractivity (Wildman–Crippen MR) is 276 cm³/mol. The summed E-state index contributed by atoms with van der Waals surface area (Å²) >= 11 is 0. The maximum Gasteiger partial charge on any atom is 2.00 e. The Kier molecular flexibility index (Phi) is 17.7. The number of benzene rings is 2. The van der Waals surface area contributed by atoms with E-state index in [-0.39, 0.29) is 51.9 Å². The minimum Gasteiger partial charge on any atom is -1.00 e. The summed E-state index contributed by atoms with van der Waals surface area (Å²) in [5.41, 5.74) is 12.8. The van der Waals surface area contributed by atoms with Crippen molar-refractivity contribution < 1.29 is 50.1 Å². The number of hydrogen-bond donors (Lipinski definition) is 2. The molecule has 73 heavy (non-hydrogen) atoms. The third-order valence-corrected chi connectivity index (χ3v) is 14.2. The van der Waals surface area contributed by atoms with Crippen molar-refractivity contribution in [2.45, 2.75) is 136 Å². The molecule has 9 heterocycles. The third kappa shape index (κ3) is 12.0. The molecule has 0 bridgehead atoms. The fourth-order valence-corrected chi connectivity index (χ4v) is 10.2. The molecule has 5 fully saturated rings. The standard InChI is InChI=1S/C26H28N4O3.C21H22N2O3.C6H6N.C4H8O.BrH.Mg/c1-14-6-4-7-21(27-14)26(31,22-8-5-11-32-22)19-12-18(23-15(2)30-33-16(23)3)13-20-24(19)29-25(28-20)17-9-10-17;1-11-19(12(2)26-23-11)14-8-15-10-17(13-5-6-13)22-20(15)16(9-14)21(24)18-4-3-7-25-18;1-6-4-2-3-5-7-6;1-2-4-5-3-1;;/h4,6-7,12-13,17,22,31H,5,8-11H2,1-3H3,(H,28,29);8-9,13,18H,3-7,10H2,1-2H3;2-4H,1H3;1-4H2;1H;/q;;-1;;;+2/p-1. The number of ketones is 1. The Balaban J connectivity index is 0.000000157. The van der Waals surface area contributed by atoms with Gasteiger partial charge in [0.2, 0.25) is 0 Å². The molecule has 2 saturated carbocycles. The van der Waals surface area contributed by atoms with Crippen LogP contribution in [0.5, 0.6) is 0 Å². The van der Waals surface area contributed by atoms with Gasteiger partial charge < -0.3 is 55.3 Å². The maximum absolute atomic E-state index is 13.2. The average molecular weight is 1060 g/mol. The summed E-state index contributed by atoms with van der Waals surface area (Å²) in [6.45, 7) is 14.9. The van der Waals surface area contributed by atoms with Crippen LogP contribution in [0.3, 0.4) is 0 Å². The number of nitrogens with zero attached hydrogens (tertiary/aromatic N) is 6. The molecule has 0 spiro atoms. The van der Waals surface area contributed by atoms with Crippen molar-refractivity contribution >= 4 is 51.3 Å². The molecule has 2 aromatic carbocycles. The number of imidazole rings is 1. The molecule has 378 valence electrons. The quantitative estimate of drug-likeness (QED) is 0.0814. The molecule has 14 nitrogen and oxygen atoms in total. The molecule has 6 aliphatic rings. The van der Waals surface area contributed by atoms with E-state index in [1.54, 1.807) is 6.07 Å². The number of aryl methyl sites for hydroxylation is 6. The number of Topliss-reactive ketones (excluding diaryl/α,β-unsaturated/α-hetero) is 1. The van der Waals surface area contributed by atoms with Crippen LogP contribution in [-0.2, 0) is 26.2 Å². The second kappa shape index (κ2) is 23.7. The van der Waals surface area contributed by atoms with Gasteiger partial charge in [-0.15, -0.1) is 0 Å². The summed E-state index contributed by atoms with van der Waals surface area (Å²) in [5.74, 6) is 3.63. The number of carbonyl (C=O) groups excluding carboxylic acids is 1. The molecule has 3 unspecified atom stereocenters. The first-order valence-corrected chi connectivity index (χ1v) is 25.4. The van der Waals surface area contributed by atoms with Crippen LogP contribution in [0, 0.1) is 53.7 Å². The van der Waals surface area contributed by atoms with E-state index in [9.17, 15) is 9.90 Å². The second-order valence-corrected chi connectivity index (χ2v) is 19.8. The second-order valence-electron chi connectivity index (χ2n) is 19.8. The van der Waals surface area contributed by atoms with Gasteiger partial charge in [-0.3, -0.25) is 14.8 Å². The predicted octanol–water partition coefficient (Wildman–Crippen LogP) is 7.80. The minimum absolute atomic E-state index is 0. The molecule has 7 aromatic rings. The fourth-order valence-electron chi connectivity index (χ4n) is 10.2. The summed E-state index contributed by atoms with van der Waals surface area (Å²) < 4.78 is 27.5. The number of H-pyrrole nitrogens is 1. The first-order chi connectivity index (χ1) is 34.5. The van der Waals surface area contributed by atoms with Gasteiger partial charge in [0.05, 0.1) is 39.9 Å². The molecule has 13 rings (SSSR count). The number of aliphatic imine (C=N–C) groups is 1. The van der Waals surface area contributed by atoms with Crippen LogP contribution in [0.25, 0.3) is 33.3 Å². The molecule has 2 aliphatic carbocycles. The van der Waals surface area contributed by atoms with Gasteiger partial charge in [-0.25, -0.2) is 4.98 Å². The van der Waals surface area contributed by atoms with Gasteiger partial charge in [0, 0.05) is 72.4 Å². The normalized spacial score (nSPS) is 19.5. The number of pyridine rings is 2. The zero-order chi connectivity index (χ0) is 49.2. The summed E-state index contributed by atoms with van der Waals surface area (Å²) in [5, 5.41) is 20.8. The van der Waals surface area contributed by atoms with E-state index in [1.165, 1.54) is 31.4 Å². The SMILES string of the molecule is C1CCOC1.Cc1ccc[c-]n1.Cc1cccc(C(O)(c2cc(-c3c(C)noc3C)cc3[nH]c(C4CC4)nc23)C2CCCO2)n1.Cc1noc(C)c1-c1cc2c(c(C(=O)C3CCCO3)c1)N=C(C1CC1)C2.[Br-].[Mg+2]. The number of halogens is 1. The van der Waals surface area contributed by atoms with Crippen LogP contribution in [0.4, 0.5) is 5.69 Å². The minimum atomic E-state index is -1.44. The molecule has 4 aliphatic heterocycles. The molecule has 3 atom stereocenters. The topological polar surface area (TPSA) is 184 Å². The van der Waals surface area contributed by atoms with Crippen molar-refractivity contribution in [2.75, 3.05) is 26.4 Å². The van der Waals surface area contributed by atoms with Crippen LogP contribution in [0.2, 0.25) is 0 Å². The van der Waals surface area contributed by atoms with E-state index in [2.05, 4.69) is 38.6 Å². The Bertz CT molecular complexity index is 3010. The van der Waals surface area contributed by atoms with E-state index in [0.29, 0.717) is 41.9 Å². The van der Waals surface area contributed by atoms with Crippen molar-refractivity contribution in [3.05, 3.63) is 129 Å². The number of aromatic nitrogens is 6. The maximum atomic E-state index is 13.2. The Morgan fingerprint density at radius 3 is 1.95 bits per heavy atom. The van der Waals surface area contributed by atoms with E-state index in [0.717, 1.165) is 143 Å². The molecular weight excluding hydrogens is 999 g/mol. The summed E-state index contributed by atoms with van der Waals surface area (Å²) in [6.07, 6.45) is 13.5. The average Bonchev–Trinajstić information content (AvgIpc) is 3.84. The Morgan fingerprint density at radius 1 is 0.740 bits per heavy atom. The number of nitrogens with one attached hydrogen (secondary N) is 1. The van der Waals surface area contributed by atoms with E-state index >= 15 is 0 Å². The number of ether oxygens (including phenoxy) is 3. The zero-order valence-corrected chi connectivity index (χ0v) is 45.9. The van der Waals surface area contributed by atoms with Crippen LogP contribution in [0.15, 0.2) is 74.7 Å². The largest absolute Gasteiger partial charge is 2.00 e. The van der Waals surface area contributed by atoms with Crippen LogP contribution < -0.4 is 17.0 Å². The van der Waals surface area contributed by atoms with Crippen molar-refractivity contribution in [1.29, 1.82) is 0 Å². The van der Waals surface area contributed by atoms with Crippen LogP contribution in [-0.4, -0.2) is 109 Å². The Hall–Kier alpha value is -4.94. The van der Waals surface area contributed by atoms with Crippen molar-refractivity contribution in [3.8, 4) is 22.3 Å². The third-order valence-electron chi connectivity index (χ3n) is 14.2. The first kappa shape index (κ1) is 54.3. The number of carbonyl (C=O) groups is 1. The van der Waals surface area contributed by atoms with Gasteiger partial charge in [-0.05, 0) is 158 Å². The van der Waals surface area contributed by atoms with Gasteiger partial charge in [-0.2, -0.15) is 18.2 Å². The smallest absolute Gasteiger partial charge is 1.00 e. The van der Waals surface area contributed by atoms with E-state index in [1.807, 2.05) is 84.0 Å². The molecule has 0 amide bonds. The Labute approximate surface area is 453 Å². The summed E-state index contributed by atoms with van der Waals surface area (Å²) in [6, 6.07) is 19.6. The Morgan fingerprint density at radius 2 is 1.41 bits per heavy atom. The van der Waals surface area contributed by atoms with Crippen molar-refractivity contribution in [2.24, 2.45) is 10.9 Å². The summed E-state index contributed by atoms with van der Waals surface area (Å²) in [7, 11) is 0. The van der Waals surface area contributed by atoms with Gasteiger partial charge in [-0.1, -0.05) is 35.2 Å². The fraction of sp³-hybridized carbons (Fsp3) is 0.456. The van der Waals surface area contributed by atoms with Crippen LogP contribution >= 0.6 is 0 Å². The number of aromatic amines is 1. The van der Waals surface area contributed by atoms with Crippen LogP contribution in [0.1, 0.15) is 137 Å². The monoisotopic (exact) mass is 1060 g/mol. The molecule has 5 aromatic heterocycles. The van der Waals surface area contributed by atoms with Gasteiger partial charge in [0.15, 0.2) is 11.4 Å². The molecule has 3 saturated heterocycles. The number of aliphatic hydroxyl groups is 1. The zero-order valence-electron chi connectivity index (χ0n) is 42.9. The van der Waals surface area contributed by atoms with E-state index < -0.39 is 11.7 Å². The molecule has 2 N–H and O–H groups in total. The van der Waals surface area contributed by atoms with Crippen molar-refractivity contribution in [3.63, 3.8) is 0 Å². The van der Waals surface area contributed by atoms with Crippen molar-refractivity contribution in [1.82, 2.24) is 30.2 Å².